The second-order valence-electron chi connectivity index (χ2n) is 28.1. The summed E-state index contributed by atoms with van der Waals surface area (Å²) in [4.78, 5) is 5.31. The zero-order chi connectivity index (χ0) is 56.3. The normalized spacial score (nSPS) is 16.3. The lowest BCUT2D eigenvalue weighted by Crippen LogP contribution is -2.61. The fraction of sp³-hybridized carbons (Fsp3) is 0.256. The number of hydrogen-bond donors (Lipinski definition) is 0. The molecule has 0 unspecified atom stereocenters. The van der Waals surface area contributed by atoms with E-state index in [1.807, 2.05) is 0 Å². The maximum atomic E-state index is 2.67. The Hall–Kier alpha value is -7.88. The summed E-state index contributed by atoms with van der Waals surface area (Å²) in [7, 11) is 0. The summed E-state index contributed by atoms with van der Waals surface area (Å²) in [5.41, 5.74) is 33.8. The van der Waals surface area contributed by atoms with E-state index >= 15 is 0 Å². The average Bonchev–Trinajstić information content (AvgIpc) is 3.44. The molecule has 0 aromatic heterocycles. The van der Waals surface area contributed by atoms with Gasteiger partial charge in [-0.2, -0.15) is 0 Å². The van der Waals surface area contributed by atoms with Gasteiger partial charge in [0.2, 0.25) is 0 Å². The molecule has 9 aromatic carbocycles. The molecule has 0 amide bonds. The molecule has 3 aliphatic carbocycles. The van der Waals surface area contributed by atoms with Crippen LogP contribution in [0.2, 0.25) is 0 Å². The summed E-state index contributed by atoms with van der Waals surface area (Å²) in [6.45, 7) is 30.9. The van der Waals surface area contributed by atoms with Crippen LogP contribution < -0.4 is 26.2 Å². The molecule has 400 valence electrons. The smallest absolute Gasteiger partial charge is 0.252 e. The molecule has 5 aliphatic rings. The monoisotopic (exact) mass is 1050 g/mol. The Kier molecular flexibility index (Phi) is 11.3. The summed E-state index contributed by atoms with van der Waals surface area (Å²) in [5, 5.41) is 0. The van der Waals surface area contributed by atoms with Gasteiger partial charge in [0.1, 0.15) is 0 Å². The van der Waals surface area contributed by atoms with Crippen LogP contribution in [0.15, 0.2) is 200 Å². The van der Waals surface area contributed by atoms with Gasteiger partial charge in [-0.15, -0.1) is 0 Å². The highest BCUT2D eigenvalue weighted by molar-refractivity contribution is 7.00. The summed E-state index contributed by atoms with van der Waals surface area (Å²) in [6.07, 6.45) is 4.66. The van der Waals surface area contributed by atoms with Crippen molar-refractivity contribution in [3.8, 4) is 33.4 Å². The standard InChI is InChI=1S/C78H75BN2/c1-74(2,3)51-36-40-64-67(44-51)80(54-38-33-49(34-39-54)55-27-21-31-62-71(55)57-25-17-19-29-60(57)77(62,10)11)69-46-53(76(7,8)9)47-70-73(69)79(64)65-41-37-52(75(4,5)6)45-68(65)81(70)66-42-35-50(43-59(66)48-23-15-14-16-24-48)56-28-22-32-63-72(56)58-26-18-20-30-61(58)78(63,12)13/h14-20,22-30,32-47H,21,31H2,1-13H3. The topological polar surface area (TPSA) is 6.48 Å². The molecule has 3 heteroatoms. The molecule has 0 bridgehead atoms. The van der Waals surface area contributed by atoms with E-state index in [2.05, 4.69) is 294 Å². The van der Waals surface area contributed by atoms with Gasteiger partial charge in [0.25, 0.3) is 6.71 Å². The number of fused-ring (bicyclic) bond motifs is 9. The zero-order valence-corrected chi connectivity index (χ0v) is 49.9. The minimum Gasteiger partial charge on any atom is -0.311 e. The van der Waals surface area contributed by atoms with E-state index < -0.39 is 0 Å². The molecule has 0 radical (unpaired) electrons. The molecule has 0 fully saturated rings. The van der Waals surface area contributed by atoms with Crippen molar-refractivity contribution >= 4 is 68.4 Å². The predicted octanol–water partition coefficient (Wildman–Crippen LogP) is 19.2. The Balaban J connectivity index is 1.02. The third-order valence-electron chi connectivity index (χ3n) is 19.3. The maximum absolute atomic E-state index is 2.67. The van der Waals surface area contributed by atoms with E-state index in [-0.39, 0.29) is 33.8 Å². The zero-order valence-electron chi connectivity index (χ0n) is 49.9. The fourth-order valence-electron chi connectivity index (χ4n) is 14.8. The van der Waals surface area contributed by atoms with Gasteiger partial charge in [0.15, 0.2) is 0 Å². The number of allylic oxidation sites excluding steroid dienone is 4. The summed E-state index contributed by atoms with van der Waals surface area (Å²) in [5.74, 6) is 0. The van der Waals surface area contributed by atoms with Crippen molar-refractivity contribution in [1.82, 2.24) is 0 Å². The van der Waals surface area contributed by atoms with Crippen molar-refractivity contribution in [2.45, 2.75) is 130 Å². The van der Waals surface area contributed by atoms with Gasteiger partial charge in [-0.1, -0.05) is 241 Å². The third kappa shape index (κ3) is 7.81. The van der Waals surface area contributed by atoms with Crippen molar-refractivity contribution < 1.29 is 0 Å². The Labute approximate surface area is 483 Å². The highest BCUT2D eigenvalue weighted by Crippen LogP contribution is 2.57. The summed E-state index contributed by atoms with van der Waals surface area (Å²) < 4.78 is 0. The van der Waals surface area contributed by atoms with Gasteiger partial charge >= 0.3 is 0 Å². The van der Waals surface area contributed by atoms with Crippen molar-refractivity contribution in [3.63, 3.8) is 0 Å². The Morgan fingerprint density at radius 1 is 0.395 bits per heavy atom. The largest absolute Gasteiger partial charge is 0.311 e. The average molecular weight is 1050 g/mol. The van der Waals surface area contributed by atoms with Crippen LogP contribution in [0.25, 0.3) is 44.5 Å². The van der Waals surface area contributed by atoms with Gasteiger partial charge in [-0.25, -0.2) is 0 Å². The van der Waals surface area contributed by atoms with E-state index in [9.17, 15) is 0 Å². The molecular formula is C78H75BN2. The molecule has 0 atom stereocenters. The van der Waals surface area contributed by atoms with Crippen LogP contribution in [-0.2, 0) is 27.1 Å². The van der Waals surface area contributed by atoms with E-state index in [0.29, 0.717) is 0 Å². The van der Waals surface area contributed by atoms with Crippen molar-refractivity contribution in [1.29, 1.82) is 0 Å². The van der Waals surface area contributed by atoms with Gasteiger partial charge in [0.05, 0.1) is 5.69 Å². The molecule has 14 rings (SSSR count). The van der Waals surface area contributed by atoms with Gasteiger partial charge in [-0.3, -0.25) is 0 Å². The number of nitrogens with zero attached hydrogens (tertiary/aromatic N) is 2. The first-order valence-corrected chi connectivity index (χ1v) is 29.8. The van der Waals surface area contributed by atoms with Crippen LogP contribution in [0.4, 0.5) is 34.1 Å². The Morgan fingerprint density at radius 2 is 0.926 bits per heavy atom. The Morgan fingerprint density at radius 3 is 1.57 bits per heavy atom. The first-order valence-electron chi connectivity index (χ1n) is 29.8. The van der Waals surface area contributed by atoms with Crippen molar-refractivity contribution in [2.75, 3.05) is 9.80 Å². The van der Waals surface area contributed by atoms with Gasteiger partial charge < -0.3 is 9.80 Å². The number of hydrogen-bond acceptors (Lipinski definition) is 2. The van der Waals surface area contributed by atoms with Crippen LogP contribution >= 0.6 is 0 Å². The second-order valence-corrected chi connectivity index (χ2v) is 28.1. The minimum absolute atomic E-state index is 0.0119. The lowest BCUT2D eigenvalue weighted by molar-refractivity contribution is 0.590. The lowest BCUT2D eigenvalue weighted by Gasteiger charge is -2.46. The van der Waals surface area contributed by atoms with Crippen LogP contribution in [0.3, 0.4) is 0 Å². The SMILES string of the molecule is CC(C)(C)c1ccc2c(c1)N(c1ccc(C3=CCCC4=C3c3ccccc3C4(C)C)cc1)c1cc(C(C)(C)C)cc3c1B2c1ccc(C(C)(C)C)cc1N3c1ccc(-c2cccc3c2-c2ccccc2C3(C)C)cc1-c1ccccc1. The maximum Gasteiger partial charge on any atom is 0.252 e. The van der Waals surface area contributed by atoms with Crippen LogP contribution in [0.1, 0.15) is 147 Å². The molecule has 0 saturated carbocycles. The van der Waals surface area contributed by atoms with Crippen LogP contribution in [0.5, 0.6) is 0 Å². The fourth-order valence-corrected chi connectivity index (χ4v) is 14.8. The molecule has 81 heavy (non-hydrogen) atoms. The van der Waals surface area contributed by atoms with E-state index in [4.69, 9.17) is 0 Å². The van der Waals surface area contributed by atoms with Crippen molar-refractivity contribution in [2.24, 2.45) is 0 Å². The second kappa shape index (κ2) is 17.8. The first kappa shape index (κ1) is 51.3. The third-order valence-corrected chi connectivity index (χ3v) is 19.3. The van der Waals surface area contributed by atoms with Gasteiger partial charge in [-0.05, 0) is 177 Å². The Bertz CT molecular complexity index is 4160. The van der Waals surface area contributed by atoms with E-state index in [0.717, 1.165) is 12.8 Å². The minimum atomic E-state index is -0.169. The van der Waals surface area contributed by atoms with Crippen molar-refractivity contribution in [3.05, 3.63) is 244 Å². The first-order chi connectivity index (χ1) is 38.6. The molecule has 9 aromatic rings. The lowest BCUT2D eigenvalue weighted by atomic mass is 9.33. The van der Waals surface area contributed by atoms with Crippen LogP contribution in [-0.4, -0.2) is 6.71 Å². The number of benzene rings is 9. The van der Waals surface area contributed by atoms with E-state index in [1.165, 1.54) is 140 Å². The number of anilines is 6. The highest BCUT2D eigenvalue weighted by atomic mass is 15.2. The quantitative estimate of drug-likeness (QED) is 0.159. The molecule has 2 heterocycles. The highest BCUT2D eigenvalue weighted by Gasteiger charge is 2.46. The summed E-state index contributed by atoms with van der Waals surface area (Å²) >= 11 is 0. The van der Waals surface area contributed by atoms with Crippen LogP contribution in [0, 0.1) is 0 Å². The molecular weight excluding hydrogens is 976 g/mol. The molecule has 0 N–H and O–H groups in total. The van der Waals surface area contributed by atoms with E-state index in [1.54, 1.807) is 5.57 Å². The predicted molar refractivity (Wildman–Crippen MR) is 349 cm³/mol. The molecule has 0 saturated heterocycles. The van der Waals surface area contributed by atoms with Gasteiger partial charge in [0, 0.05) is 44.8 Å². The number of rotatable bonds is 5. The summed E-state index contributed by atoms with van der Waals surface area (Å²) in [6, 6.07) is 73.3. The molecule has 2 aliphatic heterocycles. The molecule has 0 spiro atoms. The molecule has 2 nitrogen and oxygen atoms in total.